The molecule has 1 spiro atoms. The van der Waals surface area contributed by atoms with Crippen LogP contribution in [0.25, 0.3) is 0 Å². The summed E-state index contributed by atoms with van der Waals surface area (Å²) in [6.07, 6.45) is 6.23. The van der Waals surface area contributed by atoms with Gasteiger partial charge in [-0.3, -0.25) is 14.4 Å². The molecule has 0 radical (unpaired) electrons. The van der Waals surface area contributed by atoms with Crippen molar-refractivity contribution in [1.82, 2.24) is 14.7 Å². The number of thioether (sulfide) groups is 1. The molecule has 0 aromatic heterocycles. The lowest BCUT2D eigenvalue weighted by atomic mass is 9.66. The van der Waals surface area contributed by atoms with E-state index in [1.54, 1.807) is 33.7 Å². The van der Waals surface area contributed by atoms with E-state index in [9.17, 15) is 19.5 Å². The third-order valence-electron chi connectivity index (χ3n) is 8.82. The van der Waals surface area contributed by atoms with Gasteiger partial charge in [-0.2, -0.15) is 0 Å². The summed E-state index contributed by atoms with van der Waals surface area (Å²) in [6.45, 7) is 15.3. The number of carbonyl (C=O) groups is 3. The van der Waals surface area contributed by atoms with Crippen molar-refractivity contribution in [2.24, 2.45) is 11.8 Å². The molecule has 3 aliphatic heterocycles. The Bertz CT molecular complexity index is 1090. The molecule has 212 valence electrons. The molecule has 1 aromatic carbocycles. The highest BCUT2D eigenvalue weighted by Crippen LogP contribution is 2.72. The van der Waals surface area contributed by atoms with E-state index < -0.39 is 33.4 Å². The average Bonchev–Trinajstić information content (AvgIpc) is 3.50. The van der Waals surface area contributed by atoms with Crippen LogP contribution in [0, 0.1) is 11.8 Å². The summed E-state index contributed by atoms with van der Waals surface area (Å²) in [5, 5.41) is 10.3. The van der Waals surface area contributed by atoms with Gasteiger partial charge in [0.05, 0.1) is 29.2 Å². The van der Waals surface area contributed by atoms with Gasteiger partial charge in [0, 0.05) is 30.9 Å². The molecule has 8 heteroatoms. The zero-order valence-corrected chi connectivity index (χ0v) is 24.4. The molecule has 4 rings (SSSR count). The number of carbonyl (C=O) groups excluding carboxylic acids is 3. The maximum atomic E-state index is 14.6. The van der Waals surface area contributed by atoms with E-state index in [0.717, 1.165) is 18.4 Å². The Labute approximate surface area is 237 Å². The molecule has 3 fully saturated rings. The van der Waals surface area contributed by atoms with E-state index in [1.807, 2.05) is 49.1 Å². The van der Waals surface area contributed by atoms with Crippen LogP contribution in [0.1, 0.15) is 52.0 Å². The summed E-state index contributed by atoms with van der Waals surface area (Å²) in [6, 6.07) is 8.56. The van der Waals surface area contributed by atoms with Gasteiger partial charge in [0.1, 0.15) is 6.04 Å². The molecule has 7 nitrogen and oxygen atoms in total. The van der Waals surface area contributed by atoms with Gasteiger partial charge >= 0.3 is 0 Å². The summed E-state index contributed by atoms with van der Waals surface area (Å²) >= 11 is 1.68. The van der Waals surface area contributed by atoms with Crippen molar-refractivity contribution >= 4 is 29.5 Å². The number of aliphatic hydroxyl groups excluding tert-OH is 1. The maximum absolute atomic E-state index is 14.6. The summed E-state index contributed by atoms with van der Waals surface area (Å²) in [5.41, 5.74) is 0.995. The molecule has 3 amide bonds. The smallest absolute Gasteiger partial charge is 0.247 e. The number of hydrogen-bond acceptors (Lipinski definition) is 5. The Morgan fingerprint density at radius 2 is 1.79 bits per heavy atom. The van der Waals surface area contributed by atoms with Crippen molar-refractivity contribution in [2.75, 3.05) is 26.2 Å². The Kier molecular flexibility index (Phi) is 8.96. The first kappa shape index (κ1) is 29.4. The highest BCUT2D eigenvalue weighted by atomic mass is 32.2. The highest BCUT2D eigenvalue weighted by molar-refractivity contribution is 8.02. The van der Waals surface area contributed by atoms with E-state index >= 15 is 0 Å². The Morgan fingerprint density at radius 3 is 2.38 bits per heavy atom. The van der Waals surface area contributed by atoms with Crippen molar-refractivity contribution in [3.8, 4) is 0 Å². The van der Waals surface area contributed by atoms with Crippen LogP contribution in [0.3, 0.4) is 0 Å². The summed E-state index contributed by atoms with van der Waals surface area (Å²) in [5.74, 6) is -1.45. The third kappa shape index (κ3) is 4.95. The molecule has 1 aromatic rings. The minimum atomic E-state index is -0.751. The van der Waals surface area contributed by atoms with Crippen LogP contribution in [0.5, 0.6) is 0 Å². The standard InChI is InChI=1S/C31H43N3O4S/c1-6-17-32(18-7-2)27(36)24-25-28(37)34(23(9-4)21-35)26(31(25)16-15-30(24,5)39-31)29(38)33(19-8-3)20-22-13-11-10-12-14-22/h6,8,10-14,23-26,35H,1,3,7,9,15-21H2,2,4-5H3/t23-,24-,25-,26?,30+,31?/m0/s1. The van der Waals surface area contributed by atoms with Gasteiger partial charge in [0.15, 0.2) is 0 Å². The molecule has 0 aliphatic carbocycles. The van der Waals surface area contributed by atoms with E-state index in [1.165, 1.54) is 0 Å². The Hall–Kier alpha value is -2.58. The minimum absolute atomic E-state index is 0.0241. The lowest BCUT2D eigenvalue weighted by Crippen LogP contribution is -2.57. The van der Waals surface area contributed by atoms with Gasteiger partial charge < -0.3 is 19.8 Å². The zero-order chi connectivity index (χ0) is 28.4. The molecule has 39 heavy (non-hydrogen) atoms. The quantitative estimate of drug-likeness (QED) is 0.375. The van der Waals surface area contributed by atoms with Crippen molar-refractivity contribution in [3.05, 3.63) is 61.2 Å². The molecule has 2 unspecified atom stereocenters. The van der Waals surface area contributed by atoms with Crippen molar-refractivity contribution in [1.29, 1.82) is 0 Å². The fourth-order valence-electron chi connectivity index (χ4n) is 7.11. The lowest BCUT2D eigenvalue weighted by Gasteiger charge is -2.39. The third-order valence-corrected chi connectivity index (χ3v) is 10.8. The zero-order valence-electron chi connectivity index (χ0n) is 23.6. The molecule has 2 bridgehead atoms. The molecule has 3 heterocycles. The summed E-state index contributed by atoms with van der Waals surface area (Å²) in [4.78, 5) is 48.3. The number of nitrogens with zero attached hydrogens (tertiary/aromatic N) is 3. The van der Waals surface area contributed by atoms with Crippen LogP contribution >= 0.6 is 11.8 Å². The molecule has 1 N–H and O–H groups in total. The van der Waals surface area contributed by atoms with Crippen LogP contribution in [-0.4, -0.2) is 85.3 Å². The van der Waals surface area contributed by atoms with Crippen molar-refractivity contribution in [2.45, 2.75) is 74.6 Å². The number of likely N-dealkylation sites (tertiary alicyclic amines) is 1. The Morgan fingerprint density at radius 1 is 1.13 bits per heavy atom. The molecule has 3 aliphatic rings. The molecule has 0 saturated carbocycles. The second-order valence-electron chi connectivity index (χ2n) is 11.3. The molecule has 3 saturated heterocycles. The lowest BCUT2D eigenvalue weighted by molar-refractivity contribution is -0.148. The summed E-state index contributed by atoms with van der Waals surface area (Å²) < 4.78 is -1.15. The maximum Gasteiger partial charge on any atom is 0.247 e. The monoisotopic (exact) mass is 553 g/mol. The van der Waals surface area contributed by atoms with Crippen LogP contribution in [0.2, 0.25) is 0 Å². The second kappa shape index (κ2) is 11.9. The minimum Gasteiger partial charge on any atom is -0.394 e. The second-order valence-corrected chi connectivity index (χ2v) is 13.2. The van der Waals surface area contributed by atoms with E-state index in [0.29, 0.717) is 39.0 Å². The van der Waals surface area contributed by atoms with Gasteiger partial charge in [0.25, 0.3) is 0 Å². The predicted molar refractivity (Wildman–Crippen MR) is 156 cm³/mol. The number of benzene rings is 1. The number of aliphatic hydroxyl groups is 1. The van der Waals surface area contributed by atoms with Gasteiger partial charge in [-0.05, 0) is 38.2 Å². The molecule has 6 atom stereocenters. The number of rotatable bonds is 13. The highest BCUT2D eigenvalue weighted by Gasteiger charge is 2.78. The summed E-state index contributed by atoms with van der Waals surface area (Å²) in [7, 11) is 0. The van der Waals surface area contributed by atoms with Gasteiger partial charge in [-0.1, -0.05) is 56.3 Å². The molecular formula is C31H43N3O4S. The molecular weight excluding hydrogens is 510 g/mol. The Balaban J connectivity index is 1.79. The van der Waals surface area contributed by atoms with Gasteiger partial charge in [-0.15, -0.1) is 24.9 Å². The first-order valence-electron chi connectivity index (χ1n) is 14.2. The van der Waals surface area contributed by atoms with Gasteiger partial charge in [0.2, 0.25) is 17.7 Å². The first-order chi connectivity index (χ1) is 18.7. The largest absolute Gasteiger partial charge is 0.394 e. The van der Waals surface area contributed by atoms with Crippen LogP contribution < -0.4 is 0 Å². The van der Waals surface area contributed by atoms with Crippen LogP contribution in [0.15, 0.2) is 55.6 Å². The SMILES string of the molecule is C=CCN(Cc1ccccc1)C(=O)C1N([C@@H](CC)CO)C(=O)[C@@H]2[C@@H](C(=O)N(CC=C)CCC)[C@@]3(C)CCC12S3. The van der Waals surface area contributed by atoms with E-state index in [2.05, 4.69) is 20.1 Å². The normalized spacial score (nSPS) is 29.7. The van der Waals surface area contributed by atoms with Crippen LogP contribution in [0.4, 0.5) is 0 Å². The average molecular weight is 554 g/mol. The predicted octanol–water partition coefficient (Wildman–Crippen LogP) is 3.88. The van der Waals surface area contributed by atoms with Crippen molar-refractivity contribution in [3.63, 3.8) is 0 Å². The van der Waals surface area contributed by atoms with E-state index in [-0.39, 0.29) is 24.3 Å². The topological polar surface area (TPSA) is 81.2 Å². The van der Waals surface area contributed by atoms with E-state index in [4.69, 9.17) is 0 Å². The fourth-order valence-corrected chi connectivity index (χ4v) is 9.44. The number of hydrogen-bond donors (Lipinski definition) is 1. The van der Waals surface area contributed by atoms with Gasteiger partial charge in [-0.25, -0.2) is 0 Å². The number of fused-ring (bicyclic) bond motifs is 1. The fraction of sp³-hybridized carbons (Fsp3) is 0.581. The first-order valence-corrected chi connectivity index (χ1v) is 15.0. The van der Waals surface area contributed by atoms with Crippen LogP contribution in [-0.2, 0) is 20.9 Å². The number of amides is 3. The van der Waals surface area contributed by atoms with Crippen molar-refractivity contribution < 1.29 is 19.5 Å².